The van der Waals surface area contributed by atoms with Crippen molar-refractivity contribution in [3.63, 3.8) is 0 Å². The van der Waals surface area contributed by atoms with Crippen molar-refractivity contribution in [3.8, 4) is 5.75 Å². The van der Waals surface area contributed by atoms with Crippen molar-refractivity contribution >= 4 is 33.4 Å². The second-order valence-corrected chi connectivity index (χ2v) is 5.97. The first-order chi connectivity index (χ1) is 9.54. The second kappa shape index (κ2) is 4.70. The predicted molar refractivity (Wildman–Crippen MR) is 73.6 cm³/mol. The van der Waals surface area contributed by atoms with Crippen LogP contribution in [0.5, 0.6) is 5.75 Å². The Balaban J connectivity index is 1.83. The van der Waals surface area contributed by atoms with Crippen molar-refractivity contribution in [1.29, 1.82) is 0 Å². The van der Waals surface area contributed by atoms with E-state index in [1.165, 1.54) is 4.90 Å². The lowest BCUT2D eigenvalue weighted by Gasteiger charge is -2.25. The number of hydrogen-bond acceptors (Lipinski definition) is 4. The van der Waals surface area contributed by atoms with Gasteiger partial charge in [0.25, 0.3) is 0 Å². The van der Waals surface area contributed by atoms with Gasteiger partial charge in [-0.15, -0.1) is 0 Å². The van der Waals surface area contributed by atoms with Crippen molar-refractivity contribution in [2.24, 2.45) is 5.92 Å². The van der Waals surface area contributed by atoms with Gasteiger partial charge in [-0.2, -0.15) is 0 Å². The Morgan fingerprint density at radius 1 is 1.15 bits per heavy atom. The van der Waals surface area contributed by atoms with E-state index >= 15 is 0 Å². The van der Waals surface area contributed by atoms with Crippen LogP contribution in [0.2, 0.25) is 0 Å². The van der Waals surface area contributed by atoms with Crippen molar-refractivity contribution in [1.82, 2.24) is 4.90 Å². The highest BCUT2D eigenvalue weighted by molar-refractivity contribution is 9.09. The molecule has 0 N–H and O–H groups in total. The van der Waals surface area contributed by atoms with Crippen LogP contribution in [0.1, 0.15) is 5.56 Å². The number of rotatable bonds is 3. The summed E-state index contributed by atoms with van der Waals surface area (Å²) in [6, 6.07) is 6.61. The lowest BCUT2D eigenvalue weighted by Crippen LogP contribution is -2.46. The summed E-state index contributed by atoms with van der Waals surface area (Å²) in [7, 11) is 1.58. The summed E-state index contributed by atoms with van der Waals surface area (Å²) in [6.07, 6.45) is 0. The monoisotopic (exact) mass is 337 g/mol. The van der Waals surface area contributed by atoms with Gasteiger partial charge in [0.1, 0.15) is 17.7 Å². The lowest BCUT2D eigenvalue weighted by atomic mass is 10.1. The number of nitrogens with zero attached hydrogens (tertiary/aromatic N) is 1. The maximum absolute atomic E-state index is 12.2. The van der Waals surface area contributed by atoms with Gasteiger partial charge in [-0.3, -0.25) is 14.4 Å². The normalized spacial score (nSPS) is 28.4. The molecule has 104 valence electrons. The van der Waals surface area contributed by atoms with Crippen molar-refractivity contribution < 1.29 is 19.1 Å². The van der Waals surface area contributed by atoms with E-state index < -0.39 is 28.4 Å². The highest BCUT2D eigenvalue weighted by atomic mass is 79.9. The molecule has 2 aliphatic rings. The van der Waals surface area contributed by atoms with Gasteiger partial charge in [0.15, 0.2) is 0 Å². The Labute approximate surface area is 124 Å². The van der Waals surface area contributed by atoms with Crippen molar-refractivity contribution in [2.45, 2.75) is 17.4 Å². The number of ketones is 2. The Morgan fingerprint density at radius 2 is 1.80 bits per heavy atom. The first-order valence-corrected chi connectivity index (χ1v) is 7.11. The second-order valence-electron chi connectivity index (χ2n) is 4.91. The molecule has 3 atom stereocenters. The number of methoxy groups -OCH3 is 1. The van der Waals surface area contributed by atoms with Crippen molar-refractivity contribution in [2.75, 3.05) is 7.11 Å². The summed E-state index contributed by atoms with van der Waals surface area (Å²) in [5, 5.41) is 0. The van der Waals surface area contributed by atoms with E-state index in [1.807, 2.05) is 12.1 Å². The van der Waals surface area contributed by atoms with Crippen LogP contribution in [0.3, 0.4) is 0 Å². The van der Waals surface area contributed by atoms with Crippen LogP contribution in [-0.2, 0) is 20.9 Å². The Kier molecular flexibility index (Phi) is 3.12. The minimum atomic E-state index is -0.842. The van der Waals surface area contributed by atoms with Gasteiger partial charge < -0.3 is 9.64 Å². The largest absolute Gasteiger partial charge is 0.497 e. The highest BCUT2D eigenvalue weighted by Crippen LogP contribution is 2.39. The average molecular weight is 338 g/mol. The number of ether oxygens (including phenoxy) is 1. The van der Waals surface area contributed by atoms with Crippen LogP contribution >= 0.6 is 15.9 Å². The molecule has 0 aromatic heterocycles. The third-order valence-electron chi connectivity index (χ3n) is 3.81. The van der Waals surface area contributed by atoms with Gasteiger partial charge >= 0.3 is 0 Å². The molecule has 1 aliphatic carbocycles. The number of alkyl halides is 1. The molecule has 1 aliphatic heterocycles. The summed E-state index contributed by atoms with van der Waals surface area (Å²) < 4.78 is 5.07. The van der Waals surface area contributed by atoms with Crippen LogP contribution in [0.4, 0.5) is 0 Å². The molecular formula is C14H12BrNO4. The number of hydrogen-bond donors (Lipinski definition) is 0. The molecule has 0 unspecified atom stereocenters. The minimum Gasteiger partial charge on any atom is -0.497 e. The number of carbonyl (C=O) groups is 3. The van der Waals surface area contributed by atoms with Gasteiger partial charge in [0, 0.05) is 6.54 Å². The molecule has 20 heavy (non-hydrogen) atoms. The Bertz CT molecular complexity index is 598. The summed E-state index contributed by atoms with van der Waals surface area (Å²) in [4.78, 5) is 36.7. The average Bonchev–Trinajstić information content (AvgIpc) is 2.81. The molecule has 1 saturated carbocycles. The fourth-order valence-electron chi connectivity index (χ4n) is 2.75. The highest BCUT2D eigenvalue weighted by Gasteiger charge is 2.62. The Hall–Kier alpha value is -1.69. The van der Waals surface area contributed by atoms with Crippen LogP contribution in [0.15, 0.2) is 24.3 Å². The van der Waals surface area contributed by atoms with E-state index in [0.717, 1.165) is 11.3 Å². The molecule has 0 spiro atoms. The third-order valence-corrected chi connectivity index (χ3v) is 4.84. The topological polar surface area (TPSA) is 63.7 Å². The molecule has 1 heterocycles. The summed E-state index contributed by atoms with van der Waals surface area (Å²) >= 11 is 3.31. The summed E-state index contributed by atoms with van der Waals surface area (Å²) in [6.45, 7) is 0.325. The lowest BCUT2D eigenvalue weighted by molar-refractivity contribution is -0.149. The molecule has 1 amide bonds. The van der Waals surface area contributed by atoms with Gasteiger partial charge in [-0.1, -0.05) is 28.1 Å². The smallest absolute Gasteiger partial charge is 0.235 e. The number of likely N-dealkylation sites (tertiary alicyclic amines) is 1. The molecule has 2 bridgehead atoms. The molecule has 6 heteroatoms. The molecule has 3 rings (SSSR count). The molecule has 1 aromatic rings. The summed E-state index contributed by atoms with van der Waals surface area (Å²) in [5.41, 5.74) is 0.895. The third kappa shape index (κ3) is 1.78. The van der Waals surface area contributed by atoms with Crippen molar-refractivity contribution in [3.05, 3.63) is 29.8 Å². The van der Waals surface area contributed by atoms with Gasteiger partial charge in [0.05, 0.1) is 11.9 Å². The van der Waals surface area contributed by atoms with Gasteiger partial charge in [-0.25, -0.2) is 0 Å². The molecule has 0 radical (unpaired) electrons. The van der Waals surface area contributed by atoms with Crippen LogP contribution in [-0.4, -0.2) is 40.4 Å². The zero-order chi connectivity index (χ0) is 14.4. The first kappa shape index (κ1) is 13.3. The van der Waals surface area contributed by atoms with E-state index in [-0.39, 0.29) is 5.91 Å². The van der Waals surface area contributed by atoms with E-state index in [9.17, 15) is 14.4 Å². The minimum absolute atomic E-state index is 0.266. The number of amides is 1. The van der Waals surface area contributed by atoms with Crippen LogP contribution in [0, 0.1) is 5.92 Å². The van der Waals surface area contributed by atoms with E-state index in [4.69, 9.17) is 4.74 Å². The van der Waals surface area contributed by atoms with E-state index in [0.29, 0.717) is 6.54 Å². The zero-order valence-electron chi connectivity index (χ0n) is 10.7. The molecule has 2 fully saturated rings. The maximum atomic E-state index is 12.2. The first-order valence-electron chi connectivity index (χ1n) is 6.20. The molecule has 1 aromatic carbocycles. The number of Topliss-reactive ketones (excluding diaryl/α,β-unsaturated/α-hetero) is 2. The fraction of sp³-hybridized carbons (Fsp3) is 0.357. The molecule has 5 nitrogen and oxygen atoms in total. The number of piperidine rings is 1. The maximum Gasteiger partial charge on any atom is 0.235 e. The standard InChI is InChI=1S/C14H12BrNO4/c1-20-8-4-2-7(3-5-8)6-16-11-10(15)9(14(16)19)12(17)13(11)18/h2-5,9-11H,6H2,1H3/t9-,10-,11+/m1/s1. The predicted octanol–water partition coefficient (Wildman–Crippen LogP) is 0.937. The zero-order valence-corrected chi connectivity index (χ0v) is 12.3. The number of benzene rings is 1. The van der Waals surface area contributed by atoms with E-state index in [1.54, 1.807) is 19.2 Å². The fourth-order valence-corrected chi connectivity index (χ4v) is 3.74. The van der Waals surface area contributed by atoms with Crippen LogP contribution < -0.4 is 4.74 Å². The van der Waals surface area contributed by atoms with E-state index in [2.05, 4.69) is 15.9 Å². The van der Waals surface area contributed by atoms with Gasteiger partial charge in [-0.05, 0) is 17.7 Å². The number of halogens is 1. The molecular weight excluding hydrogens is 326 g/mol. The van der Waals surface area contributed by atoms with Crippen LogP contribution in [0.25, 0.3) is 0 Å². The van der Waals surface area contributed by atoms with Gasteiger partial charge in [0.2, 0.25) is 17.5 Å². The number of fused-ring (bicyclic) bond motifs is 2. The Morgan fingerprint density at radius 3 is 2.35 bits per heavy atom. The SMILES string of the molecule is COc1ccc(CN2C(=O)[C@H]3C(=O)C(=O)[C@@H]2[C@@H]3Br)cc1. The number of carbonyl (C=O) groups excluding carboxylic acids is 3. The molecule has 1 saturated heterocycles. The summed E-state index contributed by atoms with van der Waals surface area (Å²) in [5.74, 6) is -1.41. The quantitative estimate of drug-likeness (QED) is 0.467.